The second-order valence-electron chi connectivity index (χ2n) is 5.55. The van der Waals surface area contributed by atoms with Crippen molar-refractivity contribution < 1.29 is 0 Å². The van der Waals surface area contributed by atoms with Crippen molar-refractivity contribution in [2.24, 2.45) is 5.84 Å². The molecule has 3 rings (SSSR count). The van der Waals surface area contributed by atoms with Crippen LogP contribution < -0.4 is 11.3 Å². The van der Waals surface area contributed by atoms with Crippen LogP contribution in [-0.4, -0.2) is 9.61 Å². The van der Waals surface area contributed by atoms with E-state index in [1.807, 2.05) is 29.0 Å². The molecule has 4 nitrogen and oxygen atoms in total. The summed E-state index contributed by atoms with van der Waals surface area (Å²) in [7, 11) is 0. The standard InChI is InChI=1S/C17H20N4/c1-12-7-13(2)9-14(8-12)10-16(20-18)15-11-19-21-6-4-3-5-17(15)21/h3-9,11,16,20H,10,18H2,1-2H3. The van der Waals surface area contributed by atoms with Crippen molar-refractivity contribution in [2.45, 2.75) is 26.3 Å². The number of benzene rings is 1. The highest BCUT2D eigenvalue weighted by Gasteiger charge is 2.15. The van der Waals surface area contributed by atoms with E-state index in [0.29, 0.717) is 0 Å². The minimum atomic E-state index is 0.0473. The zero-order valence-corrected chi connectivity index (χ0v) is 12.4. The quantitative estimate of drug-likeness (QED) is 0.570. The van der Waals surface area contributed by atoms with Crippen LogP contribution in [0.15, 0.2) is 48.8 Å². The van der Waals surface area contributed by atoms with E-state index in [2.05, 4.69) is 48.6 Å². The van der Waals surface area contributed by atoms with Gasteiger partial charge in [0.15, 0.2) is 0 Å². The monoisotopic (exact) mass is 280 g/mol. The Kier molecular flexibility index (Phi) is 3.73. The Balaban J connectivity index is 1.95. The van der Waals surface area contributed by atoms with Gasteiger partial charge in [0.2, 0.25) is 0 Å². The Morgan fingerprint density at radius 2 is 1.95 bits per heavy atom. The third-order valence-electron chi connectivity index (χ3n) is 3.75. The smallest absolute Gasteiger partial charge is 0.0710 e. The molecular weight excluding hydrogens is 260 g/mol. The highest BCUT2D eigenvalue weighted by atomic mass is 15.3. The zero-order chi connectivity index (χ0) is 14.8. The second-order valence-corrected chi connectivity index (χ2v) is 5.55. The predicted octanol–water partition coefficient (Wildman–Crippen LogP) is 2.70. The Hall–Kier alpha value is -2.17. The van der Waals surface area contributed by atoms with Gasteiger partial charge in [-0.15, -0.1) is 0 Å². The van der Waals surface area contributed by atoms with Crippen molar-refractivity contribution in [3.05, 3.63) is 71.0 Å². The molecule has 0 saturated carbocycles. The Labute approximate surface area is 124 Å². The van der Waals surface area contributed by atoms with Crippen molar-refractivity contribution in [1.29, 1.82) is 0 Å². The Morgan fingerprint density at radius 1 is 1.19 bits per heavy atom. The fraction of sp³-hybridized carbons (Fsp3) is 0.235. The summed E-state index contributed by atoms with van der Waals surface area (Å²) >= 11 is 0. The summed E-state index contributed by atoms with van der Waals surface area (Å²) in [6.45, 7) is 4.24. The predicted molar refractivity (Wildman–Crippen MR) is 84.9 cm³/mol. The lowest BCUT2D eigenvalue weighted by molar-refractivity contribution is 0.555. The first kappa shape index (κ1) is 13.8. The Morgan fingerprint density at radius 3 is 2.67 bits per heavy atom. The molecule has 0 saturated heterocycles. The Bertz CT molecular complexity index is 740. The number of nitrogens with two attached hydrogens (primary N) is 1. The maximum absolute atomic E-state index is 5.79. The largest absolute Gasteiger partial charge is 0.271 e. The molecule has 1 atom stereocenters. The van der Waals surface area contributed by atoms with Crippen molar-refractivity contribution in [2.75, 3.05) is 0 Å². The zero-order valence-electron chi connectivity index (χ0n) is 12.4. The SMILES string of the molecule is Cc1cc(C)cc(CC(NN)c2cnn3ccccc23)c1. The number of nitrogens with zero attached hydrogens (tertiary/aromatic N) is 2. The molecule has 0 aliphatic heterocycles. The maximum Gasteiger partial charge on any atom is 0.0710 e. The molecule has 3 aromatic rings. The van der Waals surface area contributed by atoms with Crippen molar-refractivity contribution in [3.8, 4) is 0 Å². The van der Waals surface area contributed by atoms with E-state index < -0.39 is 0 Å². The van der Waals surface area contributed by atoms with E-state index in [0.717, 1.165) is 17.5 Å². The molecule has 0 bridgehead atoms. The van der Waals surface area contributed by atoms with Gasteiger partial charge in [-0.25, -0.2) is 4.52 Å². The van der Waals surface area contributed by atoms with Crippen LogP contribution in [0, 0.1) is 13.8 Å². The molecule has 3 N–H and O–H groups in total. The van der Waals surface area contributed by atoms with Crippen molar-refractivity contribution >= 4 is 5.52 Å². The second kappa shape index (κ2) is 5.68. The van der Waals surface area contributed by atoms with Gasteiger partial charge in [-0.05, 0) is 38.0 Å². The van der Waals surface area contributed by atoms with E-state index in [1.165, 1.54) is 16.7 Å². The minimum Gasteiger partial charge on any atom is -0.271 e. The lowest BCUT2D eigenvalue weighted by Crippen LogP contribution is -2.29. The fourth-order valence-electron chi connectivity index (χ4n) is 2.90. The number of aromatic nitrogens is 2. The summed E-state index contributed by atoms with van der Waals surface area (Å²) in [5, 5.41) is 4.39. The lowest BCUT2D eigenvalue weighted by Gasteiger charge is -2.16. The topological polar surface area (TPSA) is 55.3 Å². The number of nitrogens with one attached hydrogen (secondary N) is 1. The van der Waals surface area contributed by atoms with Crippen LogP contribution in [0.2, 0.25) is 0 Å². The average molecular weight is 280 g/mol. The van der Waals surface area contributed by atoms with Gasteiger partial charge in [0.05, 0.1) is 17.8 Å². The van der Waals surface area contributed by atoms with Crippen LogP contribution in [0.5, 0.6) is 0 Å². The van der Waals surface area contributed by atoms with Gasteiger partial charge in [-0.1, -0.05) is 35.4 Å². The van der Waals surface area contributed by atoms with Crippen molar-refractivity contribution in [3.63, 3.8) is 0 Å². The molecule has 1 aromatic carbocycles. The number of hydrogen-bond acceptors (Lipinski definition) is 3. The molecule has 1 unspecified atom stereocenters. The summed E-state index contributed by atoms with van der Waals surface area (Å²) < 4.78 is 1.88. The van der Waals surface area contributed by atoms with E-state index in [9.17, 15) is 0 Å². The van der Waals surface area contributed by atoms with E-state index >= 15 is 0 Å². The van der Waals surface area contributed by atoms with Crippen LogP contribution in [0.3, 0.4) is 0 Å². The summed E-state index contributed by atoms with van der Waals surface area (Å²) in [4.78, 5) is 0. The molecule has 108 valence electrons. The lowest BCUT2D eigenvalue weighted by atomic mass is 9.97. The van der Waals surface area contributed by atoms with Gasteiger partial charge in [-0.2, -0.15) is 5.10 Å². The van der Waals surface area contributed by atoms with Crippen LogP contribution >= 0.6 is 0 Å². The third kappa shape index (κ3) is 2.82. The highest BCUT2D eigenvalue weighted by Crippen LogP contribution is 2.23. The maximum atomic E-state index is 5.79. The van der Waals surface area contributed by atoms with Gasteiger partial charge in [0.25, 0.3) is 0 Å². The number of hydrogen-bond donors (Lipinski definition) is 2. The summed E-state index contributed by atoms with van der Waals surface area (Å²) in [6.07, 6.45) is 4.68. The van der Waals surface area contributed by atoms with Gasteiger partial charge < -0.3 is 0 Å². The third-order valence-corrected chi connectivity index (χ3v) is 3.75. The molecule has 4 heteroatoms. The molecule has 21 heavy (non-hydrogen) atoms. The molecule has 0 aliphatic carbocycles. The van der Waals surface area contributed by atoms with Gasteiger partial charge in [-0.3, -0.25) is 11.3 Å². The fourth-order valence-corrected chi connectivity index (χ4v) is 2.90. The average Bonchev–Trinajstić information content (AvgIpc) is 2.87. The highest BCUT2D eigenvalue weighted by molar-refractivity contribution is 5.55. The van der Waals surface area contributed by atoms with Gasteiger partial charge >= 0.3 is 0 Å². The summed E-state index contributed by atoms with van der Waals surface area (Å²) in [5.74, 6) is 5.79. The molecule has 0 fully saturated rings. The molecule has 2 heterocycles. The molecule has 0 aliphatic rings. The van der Waals surface area contributed by atoms with Crippen LogP contribution in [0.25, 0.3) is 5.52 Å². The van der Waals surface area contributed by atoms with Crippen LogP contribution in [-0.2, 0) is 6.42 Å². The van der Waals surface area contributed by atoms with E-state index in [-0.39, 0.29) is 6.04 Å². The van der Waals surface area contributed by atoms with Crippen molar-refractivity contribution in [1.82, 2.24) is 15.0 Å². The number of rotatable bonds is 4. The molecule has 0 radical (unpaired) electrons. The molecular formula is C17H20N4. The first-order valence-corrected chi connectivity index (χ1v) is 7.13. The molecule has 0 amide bonds. The van der Waals surface area contributed by atoms with E-state index in [1.54, 1.807) is 0 Å². The van der Waals surface area contributed by atoms with E-state index in [4.69, 9.17) is 5.84 Å². The number of hydrazine groups is 1. The van der Waals surface area contributed by atoms with Gasteiger partial charge in [0.1, 0.15) is 0 Å². The summed E-state index contributed by atoms with van der Waals surface area (Å²) in [5.41, 5.74) is 8.98. The first-order valence-electron chi connectivity index (χ1n) is 7.13. The van der Waals surface area contributed by atoms with Crippen LogP contribution in [0.1, 0.15) is 28.3 Å². The van der Waals surface area contributed by atoms with Crippen LogP contribution in [0.4, 0.5) is 0 Å². The molecule has 2 aromatic heterocycles. The minimum absolute atomic E-state index is 0.0473. The first-order chi connectivity index (χ1) is 10.2. The number of fused-ring (bicyclic) bond motifs is 1. The normalized spacial score (nSPS) is 12.7. The molecule has 0 spiro atoms. The summed E-state index contributed by atoms with van der Waals surface area (Å²) in [6, 6.07) is 12.7. The number of pyridine rings is 1. The van der Waals surface area contributed by atoms with Gasteiger partial charge in [0, 0.05) is 11.8 Å². The number of aryl methyl sites for hydroxylation is 2.